The van der Waals surface area contributed by atoms with Crippen LogP contribution in [0.3, 0.4) is 0 Å². The first kappa shape index (κ1) is 23.9. The number of phenolic OH excluding ortho intramolecular Hbond substituents is 1. The van der Waals surface area contributed by atoms with E-state index >= 15 is 0 Å². The van der Waals surface area contributed by atoms with Crippen LogP contribution in [0, 0.1) is 5.92 Å². The summed E-state index contributed by atoms with van der Waals surface area (Å²) in [5, 5.41) is 11.2. The first-order valence-corrected chi connectivity index (χ1v) is 12.5. The normalized spacial score (nSPS) is 19.9. The molecule has 1 aromatic rings. The molecule has 3 rings (SSSR count). The van der Waals surface area contributed by atoms with E-state index in [4.69, 9.17) is 4.74 Å². The van der Waals surface area contributed by atoms with E-state index in [1.54, 1.807) is 0 Å². The van der Waals surface area contributed by atoms with Gasteiger partial charge in [0.1, 0.15) is 17.1 Å². The number of aromatic hydroxyl groups is 1. The number of unbranched alkanes of at least 4 members (excludes halogenated alkanes) is 2. The van der Waals surface area contributed by atoms with Gasteiger partial charge >= 0.3 is 0 Å². The van der Waals surface area contributed by atoms with Crippen molar-refractivity contribution in [3.05, 3.63) is 41.5 Å². The summed E-state index contributed by atoms with van der Waals surface area (Å²) in [7, 11) is 0. The van der Waals surface area contributed by atoms with Gasteiger partial charge in [0.2, 0.25) is 0 Å². The SMILES string of the molecule is C=CCN1CCC2=C(C1)c1c(O)cc(C(C)C(C)CCCCC)cc1OC2(CC)CC. The van der Waals surface area contributed by atoms with Crippen LogP contribution in [0.15, 0.2) is 30.4 Å². The molecule has 2 aliphatic rings. The van der Waals surface area contributed by atoms with Crippen LogP contribution in [0.4, 0.5) is 0 Å². The topological polar surface area (TPSA) is 32.7 Å². The summed E-state index contributed by atoms with van der Waals surface area (Å²) in [5.41, 5.74) is 4.56. The molecule has 0 spiro atoms. The molecule has 0 radical (unpaired) electrons. The van der Waals surface area contributed by atoms with E-state index in [0.29, 0.717) is 17.6 Å². The van der Waals surface area contributed by atoms with E-state index in [1.165, 1.54) is 42.4 Å². The molecule has 2 atom stereocenters. The Morgan fingerprint density at radius 3 is 2.58 bits per heavy atom. The van der Waals surface area contributed by atoms with Crippen LogP contribution in [-0.2, 0) is 0 Å². The average Bonchev–Trinajstić information content (AvgIpc) is 2.77. The second-order valence-corrected chi connectivity index (χ2v) is 9.71. The molecular weight excluding hydrogens is 382 g/mol. The quantitative estimate of drug-likeness (QED) is 0.315. The molecular formula is C28H43NO2. The Labute approximate surface area is 190 Å². The zero-order chi connectivity index (χ0) is 22.6. The third kappa shape index (κ3) is 4.72. The summed E-state index contributed by atoms with van der Waals surface area (Å²) in [5.74, 6) is 2.25. The predicted molar refractivity (Wildman–Crippen MR) is 132 cm³/mol. The highest BCUT2D eigenvalue weighted by molar-refractivity contribution is 5.82. The van der Waals surface area contributed by atoms with Gasteiger partial charge in [-0.3, -0.25) is 4.90 Å². The van der Waals surface area contributed by atoms with E-state index in [1.807, 2.05) is 12.1 Å². The molecule has 1 N–H and O–H groups in total. The van der Waals surface area contributed by atoms with Crippen molar-refractivity contribution in [3.8, 4) is 11.5 Å². The van der Waals surface area contributed by atoms with Crippen molar-refractivity contribution >= 4 is 5.57 Å². The minimum absolute atomic E-state index is 0.246. The van der Waals surface area contributed by atoms with Crippen molar-refractivity contribution in [2.75, 3.05) is 19.6 Å². The molecule has 0 saturated heterocycles. The maximum absolute atomic E-state index is 11.2. The highest BCUT2D eigenvalue weighted by Crippen LogP contribution is 2.51. The number of nitrogens with zero attached hydrogens (tertiary/aromatic N) is 1. The molecule has 1 aromatic carbocycles. The van der Waals surface area contributed by atoms with Gasteiger partial charge in [0.25, 0.3) is 0 Å². The smallest absolute Gasteiger partial charge is 0.132 e. The van der Waals surface area contributed by atoms with Crippen molar-refractivity contribution in [2.24, 2.45) is 5.92 Å². The van der Waals surface area contributed by atoms with Gasteiger partial charge in [-0.15, -0.1) is 6.58 Å². The molecule has 3 nitrogen and oxygen atoms in total. The minimum Gasteiger partial charge on any atom is -0.507 e. The fraction of sp³-hybridized carbons (Fsp3) is 0.643. The van der Waals surface area contributed by atoms with Crippen LogP contribution >= 0.6 is 0 Å². The monoisotopic (exact) mass is 425 g/mol. The summed E-state index contributed by atoms with van der Waals surface area (Å²) in [6.45, 7) is 18.0. The Bertz CT molecular complexity index is 805. The van der Waals surface area contributed by atoms with Crippen LogP contribution < -0.4 is 4.74 Å². The molecule has 172 valence electrons. The van der Waals surface area contributed by atoms with E-state index in [9.17, 15) is 5.11 Å². The first-order chi connectivity index (χ1) is 14.9. The van der Waals surface area contributed by atoms with Crippen molar-refractivity contribution < 1.29 is 9.84 Å². The van der Waals surface area contributed by atoms with Gasteiger partial charge in [-0.1, -0.05) is 66.4 Å². The Morgan fingerprint density at radius 2 is 1.94 bits per heavy atom. The van der Waals surface area contributed by atoms with Crippen LogP contribution in [0.25, 0.3) is 5.57 Å². The largest absolute Gasteiger partial charge is 0.507 e. The Kier molecular flexibility index (Phi) is 7.91. The van der Waals surface area contributed by atoms with Gasteiger partial charge in [-0.2, -0.15) is 0 Å². The number of benzene rings is 1. The molecule has 0 aliphatic carbocycles. The maximum atomic E-state index is 11.2. The van der Waals surface area contributed by atoms with Crippen LogP contribution in [0.2, 0.25) is 0 Å². The molecule has 2 aliphatic heterocycles. The van der Waals surface area contributed by atoms with E-state index in [2.05, 4.69) is 52.2 Å². The molecule has 0 saturated carbocycles. The summed E-state index contributed by atoms with van der Waals surface area (Å²) in [6, 6.07) is 4.23. The van der Waals surface area contributed by atoms with Gasteiger partial charge < -0.3 is 9.84 Å². The lowest BCUT2D eigenvalue weighted by atomic mass is 9.76. The standard InChI is InChI=1S/C28H43NO2/c1-7-11-12-13-20(5)21(6)22-17-25(30)27-23-19-29(15-8-2)16-14-24(23)28(9-3,10-4)31-26(27)18-22/h8,17-18,20-21,30H,2,7,9-16,19H2,1,3-6H3. The van der Waals surface area contributed by atoms with Crippen molar-refractivity contribution in [1.29, 1.82) is 0 Å². The molecule has 2 unspecified atom stereocenters. The second kappa shape index (κ2) is 10.3. The minimum atomic E-state index is -0.246. The van der Waals surface area contributed by atoms with Crippen LogP contribution in [0.1, 0.15) is 96.6 Å². The van der Waals surface area contributed by atoms with Gasteiger partial charge in [0, 0.05) is 19.6 Å². The van der Waals surface area contributed by atoms with Gasteiger partial charge in [-0.25, -0.2) is 0 Å². The third-order valence-electron chi connectivity index (χ3n) is 7.86. The lowest BCUT2D eigenvalue weighted by molar-refractivity contribution is 0.0844. The third-order valence-corrected chi connectivity index (χ3v) is 7.86. The van der Waals surface area contributed by atoms with Crippen molar-refractivity contribution in [3.63, 3.8) is 0 Å². The highest BCUT2D eigenvalue weighted by atomic mass is 16.5. The van der Waals surface area contributed by atoms with E-state index in [-0.39, 0.29) is 5.60 Å². The Morgan fingerprint density at radius 1 is 1.19 bits per heavy atom. The summed E-state index contributed by atoms with van der Waals surface area (Å²) < 4.78 is 6.78. The van der Waals surface area contributed by atoms with Crippen molar-refractivity contribution in [2.45, 2.75) is 91.1 Å². The number of ether oxygens (including phenoxy) is 1. The van der Waals surface area contributed by atoms with Crippen LogP contribution in [-0.4, -0.2) is 35.2 Å². The second-order valence-electron chi connectivity index (χ2n) is 9.71. The molecule has 0 bridgehead atoms. The highest BCUT2D eigenvalue weighted by Gasteiger charge is 2.43. The Hall–Kier alpha value is -1.74. The zero-order valence-corrected chi connectivity index (χ0v) is 20.5. The Balaban J connectivity index is 2.00. The molecule has 0 fully saturated rings. The van der Waals surface area contributed by atoms with Crippen LogP contribution in [0.5, 0.6) is 11.5 Å². The lowest BCUT2D eigenvalue weighted by Crippen LogP contribution is -2.45. The molecule has 0 amide bonds. The first-order valence-electron chi connectivity index (χ1n) is 12.5. The zero-order valence-electron chi connectivity index (χ0n) is 20.5. The number of fused-ring (bicyclic) bond motifs is 2. The van der Waals surface area contributed by atoms with Crippen molar-refractivity contribution in [1.82, 2.24) is 4.90 Å². The average molecular weight is 426 g/mol. The number of phenols is 1. The molecule has 31 heavy (non-hydrogen) atoms. The van der Waals surface area contributed by atoms with Gasteiger partial charge in [0.15, 0.2) is 0 Å². The molecule has 2 heterocycles. The lowest BCUT2D eigenvalue weighted by Gasteiger charge is -2.45. The number of rotatable bonds is 10. The predicted octanol–water partition coefficient (Wildman–Crippen LogP) is 7.31. The van der Waals surface area contributed by atoms with Gasteiger partial charge in [-0.05, 0) is 59.9 Å². The number of hydrogen-bond acceptors (Lipinski definition) is 3. The molecule has 0 aromatic heterocycles. The summed E-state index contributed by atoms with van der Waals surface area (Å²) in [4.78, 5) is 2.42. The summed E-state index contributed by atoms with van der Waals surface area (Å²) in [6.07, 6.45) is 9.94. The van der Waals surface area contributed by atoms with E-state index < -0.39 is 0 Å². The maximum Gasteiger partial charge on any atom is 0.132 e. The van der Waals surface area contributed by atoms with Gasteiger partial charge in [0.05, 0.1) is 5.56 Å². The fourth-order valence-electron chi connectivity index (χ4n) is 5.55. The molecule has 3 heteroatoms. The van der Waals surface area contributed by atoms with E-state index in [0.717, 1.165) is 50.2 Å². The number of hydrogen-bond donors (Lipinski definition) is 1. The summed E-state index contributed by atoms with van der Waals surface area (Å²) >= 11 is 0. The fourth-order valence-corrected chi connectivity index (χ4v) is 5.55.